The van der Waals surface area contributed by atoms with Gasteiger partial charge in [-0.1, -0.05) is 30.3 Å². The maximum Gasteiger partial charge on any atom is 0.268 e. The third-order valence-corrected chi connectivity index (χ3v) is 4.70. The number of nitrogens with one attached hydrogen (secondary N) is 2. The van der Waals surface area contributed by atoms with Crippen molar-refractivity contribution in [3.05, 3.63) is 59.4 Å². The van der Waals surface area contributed by atoms with E-state index in [0.717, 1.165) is 19.5 Å². The number of piperidine rings is 1. The van der Waals surface area contributed by atoms with Gasteiger partial charge in [-0.3, -0.25) is 9.69 Å². The summed E-state index contributed by atoms with van der Waals surface area (Å²) in [6.07, 6.45) is 2.35. The van der Waals surface area contributed by atoms with Crippen molar-refractivity contribution < 1.29 is 9.90 Å². The first-order valence-electron chi connectivity index (χ1n) is 8.46. The van der Waals surface area contributed by atoms with Crippen LogP contribution in [0.5, 0.6) is 0 Å². The van der Waals surface area contributed by atoms with Gasteiger partial charge in [0, 0.05) is 37.9 Å². The third-order valence-electron chi connectivity index (χ3n) is 4.70. The minimum Gasteiger partial charge on any atom is -0.396 e. The molecule has 3 rings (SSSR count). The smallest absolute Gasteiger partial charge is 0.268 e. The normalized spacial score (nSPS) is 20.8. The number of aliphatic hydroxyl groups excluding tert-OH is 1. The molecule has 0 aliphatic carbocycles. The highest BCUT2D eigenvalue weighted by Crippen LogP contribution is 2.20. The molecule has 2 atom stereocenters. The molecule has 1 aliphatic heterocycles. The van der Waals surface area contributed by atoms with Crippen LogP contribution in [0.25, 0.3) is 0 Å². The van der Waals surface area contributed by atoms with Gasteiger partial charge in [0.2, 0.25) is 0 Å². The molecule has 2 aromatic rings. The van der Waals surface area contributed by atoms with Crippen molar-refractivity contribution >= 4 is 5.91 Å². The Morgan fingerprint density at radius 1 is 1.40 bits per heavy atom. The summed E-state index contributed by atoms with van der Waals surface area (Å²) in [5, 5.41) is 21.5. The predicted molar refractivity (Wildman–Crippen MR) is 93.7 cm³/mol. The second kappa shape index (κ2) is 7.97. The van der Waals surface area contributed by atoms with Crippen molar-refractivity contribution in [2.45, 2.75) is 19.0 Å². The van der Waals surface area contributed by atoms with Crippen LogP contribution in [0.2, 0.25) is 0 Å². The Morgan fingerprint density at radius 2 is 2.20 bits per heavy atom. The number of benzene rings is 1. The van der Waals surface area contributed by atoms with Crippen LogP contribution in [0, 0.1) is 17.2 Å². The van der Waals surface area contributed by atoms with Crippen molar-refractivity contribution in [1.29, 1.82) is 5.26 Å². The number of carbonyl (C=O) groups is 1. The second-order valence-corrected chi connectivity index (χ2v) is 6.45. The molecule has 25 heavy (non-hydrogen) atoms. The molecule has 1 aliphatic rings. The van der Waals surface area contributed by atoms with E-state index in [2.05, 4.69) is 27.3 Å². The van der Waals surface area contributed by atoms with Crippen LogP contribution < -0.4 is 5.32 Å². The Kier molecular flexibility index (Phi) is 5.49. The van der Waals surface area contributed by atoms with Gasteiger partial charge in [-0.15, -0.1) is 0 Å². The Hall–Kier alpha value is -2.62. The van der Waals surface area contributed by atoms with Gasteiger partial charge < -0.3 is 15.4 Å². The Bertz CT molecular complexity index is 750. The van der Waals surface area contributed by atoms with E-state index in [0.29, 0.717) is 17.8 Å². The molecule has 2 heterocycles. The van der Waals surface area contributed by atoms with Gasteiger partial charge in [-0.05, 0) is 24.6 Å². The third kappa shape index (κ3) is 4.27. The fourth-order valence-electron chi connectivity index (χ4n) is 3.27. The lowest BCUT2D eigenvalue weighted by atomic mass is 9.91. The van der Waals surface area contributed by atoms with Crippen LogP contribution in [0.4, 0.5) is 0 Å². The average molecular weight is 338 g/mol. The molecule has 0 spiro atoms. The number of hydrogen-bond donors (Lipinski definition) is 3. The number of nitrogens with zero attached hydrogens (tertiary/aromatic N) is 2. The number of carbonyl (C=O) groups excluding carboxylic acids is 1. The molecule has 1 aromatic heterocycles. The number of rotatable bonds is 5. The number of aromatic nitrogens is 1. The van der Waals surface area contributed by atoms with E-state index in [1.54, 1.807) is 0 Å². The van der Waals surface area contributed by atoms with E-state index < -0.39 is 0 Å². The maximum atomic E-state index is 12.4. The standard InChI is InChI=1S/C19H22N4O2/c20-9-15-8-17(21-10-15)19(25)22-18-12-23(7-6-16(18)13-24)11-14-4-2-1-3-5-14/h1-5,8,10,16,18,21,24H,6-7,11-13H2,(H,22,25)/t16-,18-/m0/s1. The van der Waals surface area contributed by atoms with Crippen LogP contribution in [-0.4, -0.2) is 46.6 Å². The van der Waals surface area contributed by atoms with Crippen LogP contribution in [0.15, 0.2) is 42.6 Å². The number of H-pyrrole nitrogens is 1. The molecule has 3 N–H and O–H groups in total. The summed E-state index contributed by atoms with van der Waals surface area (Å²) in [5.74, 6) is -0.201. The Labute approximate surface area is 147 Å². The highest BCUT2D eigenvalue weighted by molar-refractivity contribution is 5.93. The first-order valence-corrected chi connectivity index (χ1v) is 8.46. The summed E-state index contributed by atoms with van der Waals surface area (Å²) < 4.78 is 0. The molecule has 6 heteroatoms. The summed E-state index contributed by atoms with van der Waals surface area (Å²) in [5.41, 5.74) is 2.03. The van der Waals surface area contributed by atoms with Crippen molar-refractivity contribution in [3.8, 4) is 6.07 Å². The fourth-order valence-corrected chi connectivity index (χ4v) is 3.27. The first kappa shape index (κ1) is 17.2. The molecule has 1 aromatic carbocycles. The molecule has 1 fully saturated rings. The van der Waals surface area contributed by atoms with E-state index in [1.807, 2.05) is 24.3 Å². The monoisotopic (exact) mass is 338 g/mol. The number of nitriles is 1. The maximum absolute atomic E-state index is 12.4. The predicted octanol–water partition coefficient (Wildman–Crippen LogP) is 1.50. The van der Waals surface area contributed by atoms with Gasteiger partial charge in [0.25, 0.3) is 5.91 Å². The van der Waals surface area contributed by atoms with Gasteiger partial charge >= 0.3 is 0 Å². The Balaban J connectivity index is 1.64. The minimum absolute atomic E-state index is 0.0429. The topological polar surface area (TPSA) is 92.1 Å². The zero-order valence-electron chi connectivity index (χ0n) is 14.0. The Morgan fingerprint density at radius 3 is 2.88 bits per heavy atom. The lowest BCUT2D eigenvalue weighted by Crippen LogP contribution is -2.53. The summed E-state index contributed by atoms with van der Waals surface area (Å²) in [4.78, 5) is 17.5. The average Bonchev–Trinajstić information content (AvgIpc) is 3.12. The first-order chi connectivity index (χ1) is 12.2. The molecule has 0 saturated carbocycles. The summed E-state index contributed by atoms with van der Waals surface area (Å²) in [6.45, 7) is 2.47. The van der Waals surface area contributed by atoms with Gasteiger partial charge in [-0.25, -0.2) is 0 Å². The number of amides is 1. The molecule has 6 nitrogen and oxygen atoms in total. The number of aliphatic hydroxyl groups is 1. The number of aromatic amines is 1. The highest BCUT2D eigenvalue weighted by Gasteiger charge is 2.30. The summed E-state index contributed by atoms with van der Waals surface area (Å²) in [6, 6.07) is 13.6. The fraction of sp³-hybridized carbons (Fsp3) is 0.368. The van der Waals surface area contributed by atoms with Crippen LogP contribution in [0.3, 0.4) is 0 Å². The molecule has 0 unspecified atom stereocenters. The molecule has 0 bridgehead atoms. The second-order valence-electron chi connectivity index (χ2n) is 6.45. The SMILES string of the molecule is N#Cc1c[nH]c(C(=O)N[C@H]2CN(Cc3ccccc3)CC[C@H]2CO)c1. The van der Waals surface area contributed by atoms with Crippen molar-refractivity contribution in [2.24, 2.45) is 5.92 Å². The number of likely N-dealkylation sites (tertiary alicyclic amines) is 1. The van der Waals surface area contributed by atoms with Gasteiger partial charge in [-0.2, -0.15) is 5.26 Å². The zero-order valence-corrected chi connectivity index (χ0v) is 14.0. The molecule has 130 valence electrons. The zero-order chi connectivity index (χ0) is 17.6. The van der Waals surface area contributed by atoms with E-state index in [9.17, 15) is 9.90 Å². The van der Waals surface area contributed by atoms with E-state index in [1.165, 1.54) is 17.8 Å². The molecular formula is C19H22N4O2. The molecule has 1 saturated heterocycles. The van der Waals surface area contributed by atoms with E-state index in [4.69, 9.17) is 5.26 Å². The highest BCUT2D eigenvalue weighted by atomic mass is 16.3. The summed E-state index contributed by atoms with van der Waals surface area (Å²) >= 11 is 0. The van der Waals surface area contributed by atoms with Crippen LogP contribution >= 0.6 is 0 Å². The van der Waals surface area contributed by atoms with Gasteiger partial charge in [0.15, 0.2) is 0 Å². The van der Waals surface area contributed by atoms with Gasteiger partial charge in [0.1, 0.15) is 11.8 Å². The molecule has 1 amide bonds. The minimum atomic E-state index is -0.244. The molecular weight excluding hydrogens is 316 g/mol. The molecule has 0 radical (unpaired) electrons. The summed E-state index contributed by atoms with van der Waals surface area (Å²) in [7, 11) is 0. The number of hydrogen-bond acceptors (Lipinski definition) is 4. The lowest BCUT2D eigenvalue weighted by molar-refractivity contribution is 0.0727. The largest absolute Gasteiger partial charge is 0.396 e. The van der Waals surface area contributed by atoms with Crippen LogP contribution in [-0.2, 0) is 6.54 Å². The van der Waals surface area contributed by atoms with Crippen molar-refractivity contribution in [2.75, 3.05) is 19.7 Å². The van der Waals surface area contributed by atoms with Crippen LogP contribution in [0.1, 0.15) is 28.0 Å². The van der Waals surface area contributed by atoms with Crippen molar-refractivity contribution in [3.63, 3.8) is 0 Å². The lowest BCUT2D eigenvalue weighted by Gasteiger charge is -2.38. The quantitative estimate of drug-likeness (QED) is 0.770. The van der Waals surface area contributed by atoms with E-state index in [-0.39, 0.29) is 24.5 Å². The van der Waals surface area contributed by atoms with Gasteiger partial charge in [0.05, 0.1) is 5.56 Å². The van der Waals surface area contributed by atoms with Crippen molar-refractivity contribution in [1.82, 2.24) is 15.2 Å². The van der Waals surface area contributed by atoms with E-state index >= 15 is 0 Å².